The molecule has 2 N–H and O–H groups in total. The van der Waals surface area contributed by atoms with Crippen LogP contribution in [0.4, 0.5) is 0 Å². The van der Waals surface area contributed by atoms with Crippen molar-refractivity contribution in [1.82, 2.24) is 9.88 Å². The zero-order chi connectivity index (χ0) is 17.3. The largest absolute Gasteiger partial charge is 0.386 e. The van der Waals surface area contributed by atoms with Crippen LogP contribution < -0.4 is 5.32 Å². The molecule has 4 nitrogen and oxygen atoms in total. The molecule has 0 fully saturated rings. The Morgan fingerprint density at radius 3 is 2.79 bits per heavy atom. The predicted molar refractivity (Wildman–Crippen MR) is 96.7 cm³/mol. The fourth-order valence-corrected chi connectivity index (χ4v) is 3.08. The second-order valence-electron chi connectivity index (χ2n) is 5.56. The van der Waals surface area contributed by atoms with Gasteiger partial charge in [0.25, 0.3) is 5.91 Å². The summed E-state index contributed by atoms with van der Waals surface area (Å²) >= 11 is 11.9. The standard InChI is InChI=1S/C18H16Cl2N2O2/c1-22-10-14(12-4-2-3-5-16(12)22)17(23)9-21-18(24)13-8-11(19)6-7-15(13)20/h2-8,10,17,23H,9H2,1H3,(H,21,24). The lowest BCUT2D eigenvalue weighted by Crippen LogP contribution is -2.28. The third-order valence-electron chi connectivity index (χ3n) is 3.92. The molecule has 0 saturated heterocycles. The van der Waals surface area contributed by atoms with Gasteiger partial charge in [0.2, 0.25) is 0 Å². The van der Waals surface area contributed by atoms with Crippen LogP contribution >= 0.6 is 23.2 Å². The number of hydrogen-bond donors (Lipinski definition) is 2. The molecule has 3 rings (SSSR count). The summed E-state index contributed by atoms with van der Waals surface area (Å²) in [4.78, 5) is 12.3. The minimum absolute atomic E-state index is 0.0791. The summed E-state index contributed by atoms with van der Waals surface area (Å²) < 4.78 is 1.95. The summed E-state index contributed by atoms with van der Waals surface area (Å²) in [5.41, 5.74) is 2.08. The maximum absolute atomic E-state index is 12.3. The number of aromatic nitrogens is 1. The molecule has 6 heteroatoms. The highest BCUT2D eigenvalue weighted by Gasteiger charge is 2.17. The number of hydrogen-bond acceptors (Lipinski definition) is 2. The quantitative estimate of drug-likeness (QED) is 0.738. The van der Waals surface area contributed by atoms with Gasteiger partial charge in [0.1, 0.15) is 0 Å². The Labute approximate surface area is 149 Å². The smallest absolute Gasteiger partial charge is 0.252 e. The molecular weight excluding hydrogens is 347 g/mol. The first-order valence-electron chi connectivity index (χ1n) is 7.42. The van der Waals surface area contributed by atoms with Crippen LogP contribution in [-0.2, 0) is 7.05 Å². The minimum Gasteiger partial charge on any atom is -0.386 e. The van der Waals surface area contributed by atoms with Gasteiger partial charge in [-0.2, -0.15) is 0 Å². The Morgan fingerprint density at radius 1 is 1.25 bits per heavy atom. The van der Waals surface area contributed by atoms with Crippen LogP contribution in [0.1, 0.15) is 22.0 Å². The van der Waals surface area contributed by atoms with Crippen molar-refractivity contribution in [2.24, 2.45) is 7.05 Å². The Hall–Kier alpha value is -2.01. The number of fused-ring (bicyclic) bond motifs is 1. The van der Waals surface area contributed by atoms with E-state index in [2.05, 4.69) is 5.32 Å². The summed E-state index contributed by atoms with van der Waals surface area (Å²) in [7, 11) is 1.92. The number of carbonyl (C=O) groups excluding carboxylic acids is 1. The topological polar surface area (TPSA) is 54.3 Å². The van der Waals surface area contributed by atoms with Crippen molar-refractivity contribution < 1.29 is 9.90 Å². The maximum Gasteiger partial charge on any atom is 0.252 e. The molecule has 1 unspecified atom stereocenters. The summed E-state index contributed by atoms with van der Waals surface area (Å²) in [6.07, 6.45) is 1.05. The number of amides is 1. The summed E-state index contributed by atoms with van der Waals surface area (Å²) in [6, 6.07) is 12.5. The van der Waals surface area contributed by atoms with Gasteiger partial charge in [0, 0.05) is 41.3 Å². The van der Waals surface area contributed by atoms with Crippen molar-refractivity contribution in [2.75, 3.05) is 6.54 Å². The monoisotopic (exact) mass is 362 g/mol. The normalized spacial score (nSPS) is 12.3. The van der Waals surface area contributed by atoms with Crippen LogP contribution in [0.25, 0.3) is 10.9 Å². The number of aryl methyl sites for hydroxylation is 1. The first kappa shape index (κ1) is 16.8. The Balaban J connectivity index is 1.76. The van der Waals surface area contributed by atoms with Gasteiger partial charge in [-0.3, -0.25) is 4.79 Å². The van der Waals surface area contributed by atoms with Crippen molar-refractivity contribution >= 4 is 40.0 Å². The Bertz CT molecular complexity index is 905. The van der Waals surface area contributed by atoms with Crippen LogP contribution in [0, 0.1) is 0 Å². The number of rotatable bonds is 4. The van der Waals surface area contributed by atoms with E-state index < -0.39 is 6.10 Å². The van der Waals surface area contributed by atoms with Gasteiger partial charge in [-0.1, -0.05) is 41.4 Å². The van der Waals surface area contributed by atoms with Crippen LogP contribution in [0.5, 0.6) is 0 Å². The molecule has 0 saturated carbocycles. The van der Waals surface area contributed by atoms with Crippen molar-refractivity contribution in [1.29, 1.82) is 0 Å². The Morgan fingerprint density at radius 2 is 2.00 bits per heavy atom. The van der Waals surface area contributed by atoms with E-state index in [1.165, 1.54) is 6.07 Å². The van der Waals surface area contributed by atoms with Gasteiger partial charge in [-0.15, -0.1) is 0 Å². The number of carbonyl (C=O) groups is 1. The van der Waals surface area contributed by atoms with Crippen LogP contribution in [0.2, 0.25) is 10.0 Å². The van der Waals surface area contributed by atoms with Crippen molar-refractivity contribution in [3.8, 4) is 0 Å². The molecule has 1 aromatic heterocycles. The predicted octanol–water partition coefficient (Wildman–Crippen LogP) is 3.95. The second-order valence-corrected chi connectivity index (χ2v) is 6.41. The molecule has 1 heterocycles. The zero-order valence-electron chi connectivity index (χ0n) is 13.0. The number of benzene rings is 2. The zero-order valence-corrected chi connectivity index (χ0v) is 14.5. The maximum atomic E-state index is 12.3. The summed E-state index contributed by atoms with van der Waals surface area (Å²) in [5, 5.41) is 14.9. The van der Waals surface area contributed by atoms with Crippen LogP contribution in [-0.4, -0.2) is 22.1 Å². The van der Waals surface area contributed by atoms with E-state index in [1.54, 1.807) is 12.1 Å². The number of para-hydroxylation sites is 1. The first-order chi connectivity index (χ1) is 11.5. The van der Waals surface area contributed by atoms with Gasteiger partial charge < -0.3 is 15.0 Å². The molecule has 0 aliphatic rings. The van der Waals surface area contributed by atoms with E-state index in [0.717, 1.165) is 16.5 Å². The molecule has 1 amide bonds. The highest BCUT2D eigenvalue weighted by Crippen LogP contribution is 2.26. The van der Waals surface area contributed by atoms with Crippen LogP contribution in [0.15, 0.2) is 48.7 Å². The molecule has 0 radical (unpaired) electrons. The van der Waals surface area contributed by atoms with E-state index in [0.29, 0.717) is 10.0 Å². The first-order valence-corrected chi connectivity index (χ1v) is 8.18. The summed E-state index contributed by atoms with van der Waals surface area (Å²) in [5.74, 6) is -0.373. The number of nitrogens with one attached hydrogen (secondary N) is 1. The van der Waals surface area contributed by atoms with Gasteiger partial charge in [0.15, 0.2) is 0 Å². The van der Waals surface area contributed by atoms with E-state index in [9.17, 15) is 9.90 Å². The molecule has 0 spiro atoms. The SMILES string of the molecule is Cn1cc(C(O)CNC(=O)c2cc(Cl)ccc2Cl)c2ccccc21. The molecule has 0 bridgehead atoms. The average molecular weight is 363 g/mol. The lowest BCUT2D eigenvalue weighted by molar-refractivity contribution is 0.0917. The molecule has 1 atom stereocenters. The van der Waals surface area contributed by atoms with Crippen LogP contribution in [0.3, 0.4) is 0 Å². The Kier molecular flexibility index (Phi) is 4.81. The fraction of sp³-hybridized carbons (Fsp3) is 0.167. The lowest BCUT2D eigenvalue weighted by atomic mass is 10.1. The molecular formula is C18H16Cl2N2O2. The number of halogens is 2. The molecule has 124 valence electrons. The third kappa shape index (κ3) is 3.26. The van der Waals surface area contributed by atoms with E-state index in [1.807, 2.05) is 42.1 Å². The second kappa shape index (κ2) is 6.85. The molecule has 3 aromatic rings. The number of nitrogens with zero attached hydrogens (tertiary/aromatic N) is 1. The molecule has 2 aromatic carbocycles. The number of aliphatic hydroxyl groups excluding tert-OH is 1. The van der Waals surface area contributed by atoms with Crippen molar-refractivity contribution in [3.05, 3.63) is 69.8 Å². The lowest BCUT2D eigenvalue weighted by Gasteiger charge is -2.12. The van der Waals surface area contributed by atoms with Gasteiger partial charge in [-0.25, -0.2) is 0 Å². The number of aliphatic hydroxyl groups is 1. The van der Waals surface area contributed by atoms with Crippen molar-refractivity contribution in [2.45, 2.75) is 6.10 Å². The summed E-state index contributed by atoms with van der Waals surface area (Å²) in [6.45, 7) is 0.0791. The average Bonchev–Trinajstić information content (AvgIpc) is 2.92. The van der Waals surface area contributed by atoms with Crippen molar-refractivity contribution in [3.63, 3.8) is 0 Å². The highest BCUT2D eigenvalue weighted by atomic mass is 35.5. The highest BCUT2D eigenvalue weighted by molar-refractivity contribution is 6.35. The van der Waals surface area contributed by atoms with Gasteiger partial charge in [0.05, 0.1) is 16.7 Å². The van der Waals surface area contributed by atoms with E-state index in [-0.39, 0.29) is 18.0 Å². The molecule has 0 aliphatic heterocycles. The van der Waals surface area contributed by atoms with Gasteiger partial charge in [-0.05, 0) is 24.3 Å². The van der Waals surface area contributed by atoms with E-state index in [4.69, 9.17) is 23.2 Å². The molecule has 24 heavy (non-hydrogen) atoms. The minimum atomic E-state index is -0.821. The fourth-order valence-electron chi connectivity index (χ4n) is 2.70. The van der Waals surface area contributed by atoms with E-state index >= 15 is 0 Å². The molecule has 0 aliphatic carbocycles. The third-order valence-corrected chi connectivity index (χ3v) is 4.48. The van der Waals surface area contributed by atoms with Gasteiger partial charge >= 0.3 is 0 Å².